The third kappa shape index (κ3) is 6.98. The van der Waals surface area contributed by atoms with Gasteiger partial charge in [-0.1, -0.05) is 70.4 Å². The average Bonchev–Trinajstić information content (AvgIpc) is 2.81. The van der Waals surface area contributed by atoms with Crippen LogP contribution in [0.1, 0.15) is 71.1 Å². The Morgan fingerprint density at radius 1 is 0.774 bits per heavy atom. The predicted molar refractivity (Wildman–Crippen MR) is 119 cm³/mol. The van der Waals surface area contributed by atoms with Crippen LogP contribution in [0.3, 0.4) is 0 Å². The summed E-state index contributed by atoms with van der Waals surface area (Å²) in [6, 6.07) is 10.0. The molecule has 6 heteroatoms. The van der Waals surface area contributed by atoms with E-state index in [-0.39, 0.29) is 24.4 Å². The van der Waals surface area contributed by atoms with E-state index in [1.54, 1.807) is 0 Å². The standard InChI is InChI=1S/C25H40O6/c1-4-7-15-26-22-21-20(18-29-24(31-21)19-13-11-10-12-14-19)30-25(28-17-9-6-3)23(22)27-16-8-5-2/h10-14,20-25H,4-9,15-18H2,1-3H3/t20?,21-,22?,23+,24?,25-/m1/s1. The second-order valence-corrected chi connectivity index (χ2v) is 8.32. The van der Waals surface area contributed by atoms with Crippen molar-refractivity contribution < 1.29 is 28.4 Å². The molecule has 1 aromatic carbocycles. The Balaban J connectivity index is 1.77. The van der Waals surface area contributed by atoms with Gasteiger partial charge in [0, 0.05) is 25.4 Å². The van der Waals surface area contributed by atoms with E-state index in [1.165, 1.54) is 0 Å². The van der Waals surface area contributed by atoms with Crippen LogP contribution in [-0.4, -0.2) is 57.1 Å². The van der Waals surface area contributed by atoms with Gasteiger partial charge >= 0.3 is 0 Å². The zero-order valence-corrected chi connectivity index (χ0v) is 19.4. The van der Waals surface area contributed by atoms with Gasteiger partial charge < -0.3 is 28.4 Å². The van der Waals surface area contributed by atoms with Crippen molar-refractivity contribution in [1.82, 2.24) is 0 Å². The maximum Gasteiger partial charge on any atom is 0.186 e. The maximum absolute atomic E-state index is 6.42. The molecule has 31 heavy (non-hydrogen) atoms. The van der Waals surface area contributed by atoms with Crippen molar-refractivity contribution in [1.29, 1.82) is 0 Å². The second-order valence-electron chi connectivity index (χ2n) is 8.32. The Kier molecular flexibility index (Phi) is 10.7. The topological polar surface area (TPSA) is 55.4 Å². The van der Waals surface area contributed by atoms with Crippen LogP contribution >= 0.6 is 0 Å². The zero-order chi connectivity index (χ0) is 21.9. The van der Waals surface area contributed by atoms with Gasteiger partial charge in [-0.25, -0.2) is 0 Å². The lowest BCUT2D eigenvalue weighted by atomic mass is 9.97. The summed E-state index contributed by atoms with van der Waals surface area (Å²) in [7, 11) is 0. The first-order valence-corrected chi connectivity index (χ1v) is 12.1. The third-order valence-corrected chi connectivity index (χ3v) is 5.75. The van der Waals surface area contributed by atoms with E-state index >= 15 is 0 Å². The molecule has 0 aromatic heterocycles. The smallest absolute Gasteiger partial charge is 0.186 e. The van der Waals surface area contributed by atoms with Gasteiger partial charge in [0.1, 0.15) is 24.4 Å². The lowest BCUT2D eigenvalue weighted by Gasteiger charge is -2.49. The van der Waals surface area contributed by atoms with Crippen LogP contribution in [0.2, 0.25) is 0 Å². The van der Waals surface area contributed by atoms with Crippen molar-refractivity contribution in [2.24, 2.45) is 0 Å². The molecule has 0 radical (unpaired) electrons. The molecule has 0 N–H and O–H groups in total. The minimum atomic E-state index is -0.475. The van der Waals surface area contributed by atoms with Crippen LogP contribution in [0.5, 0.6) is 0 Å². The number of fused-ring (bicyclic) bond motifs is 1. The molecule has 0 bridgehead atoms. The van der Waals surface area contributed by atoms with Gasteiger partial charge in [-0.05, 0) is 19.3 Å². The second kappa shape index (κ2) is 13.5. The Morgan fingerprint density at radius 3 is 2.03 bits per heavy atom. The number of rotatable bonds is 13. The number of hydrogen-bond acceptors (Lipinski definition) is 6. The summed E-state index contributed by atoms with van der Waals surface area (Å²) in [5.74, 6) is 0. The Bertz CT molecular complexity index is 597. The van der Waals surface area contributed by atoms with Gasteiger partial charge in [-0.2, -0.15) is 0 Å². The molecule has 2 aliphatic heterocycles. The monoisotopic (exact) mass is 436 g/mol. The Labute approximate surface area is 187 Å². The van der Waals surface area contributed by atoms with Gasteiger partial charge in [0.15, 0.2) is 12.6 Å². The van der Waals surface area contributed by atoms with Crippen LogP contribution in [0.4, 0.5) is 0 Å². The molecule has 0 amide bonds. The fraction of sp³-hybridized carbons (Fsp3) is 0.760. The van der Waals surface area contributed by atoms with Gasteiger partial charge in [-0.3, -0.25) is 0 Å². The van der Waals surface area contributed by atoms with Gasteiger partial charge in [-0.15, -0.1) is 0 Å². The third-order valence-electron chi connectivity index (χ3n) is 5.75. The van der Waals surface area contributed by atoms with Gasteiger partial charge in [0.25, 0.3) is 0 Å². The van der Waals surface area contributed by atoms with Crippen LogP contribution in [0, 0.1) is 0 Å². The maximum atomic E-state index is 6.42. The predicted octanol–water partition coefficient (Wildman–Crippen LogP) is 5.01. The van der Waals surface area contributed by atoms with Crippen LogP contribution in [0.25, 0.3) is 0 Å². The van der Waals surface area contributed by atoms with E-state index in [4.69, 9.17) is 28.4 Å². The summed E-state index contributed by atoms with van der Waals surface area (Å²) in [5, 5.41) is 0. The summed E-state index contributed by atoms with van der Waals surface area (Å²) in [4.78, 5) is 0. The van der Waals surface area contributed by atoms with Crippen LogP contribution < -0.4 is 0 Å². The summed E-state index contributed by atoms with van der Waals surface area (Å²) < 4.78 is 37.6. The fourth-order valence-electron chi connectivity index (χ4n) is 3.90. The zero-order valence-electron chi connectivity index (χ0n) is 19.4. The molecule has 3 rings (SSSR count). The molecule has 2 fully saturated rings. The fourth-order valence-corrected chi connectivity index (χ4v) is 3.90. The summed E-state index contributed by atoms with van der Waals surface area (Å²) >= 11 is 0. The molecule has 1 aromatic rings. The summed E-state index contributed by atoms with van der Waals surface area (Å²) in [5.41, 5.74) is 0.998. The van der Waals surface area contributed by atoms with E-state index in [0.29, 0.717) is 26.4 Å². The first-order chi connectivity index (χ1) is 15.3. The minimum absolute atomic E-state index is 0.246. The van der Waals surface area contributed by atoms with Crippen LogP contribution in [-0.2, 0) is 28.4 Å². The first-order valence-electron chi connectivity index (χ1n) is 12.1. The van der Waals surface area contributed by atoms with E-state index in [2.05, 4.69) is 20.8 Å². The molecule has 176 valence electrons. The lowest BCUT2D eigenvalue weighted by molar-refractivity contribution is -0.370. The summed E-state index contributed by atoms with van der Waals surface area (Å²) in [6.07, 6.45) is 4.18. The van der Waals surface area contributed by atoms with Crippen molar-refractivity contribution in [3.8, 4) is 0 Å². The van der Waals surface area contributed by atoms with Crippen molar-refractivity contribution >= 4 is 0 Å². The SMILES string of the molecule is CCCCOC1[C@@H]2OC(c3ccccc3)OCC2O[C@@H](OCCCC)[C@H]1OCCCC. The van der Waals surface area contributed by atoms with Gasteiger partial charge in [0.05, 0.1) is 6.61 Å². The molecule has 0 spiro atoms. The molecule has 6 nitrogen and oxygen atoms in total. The molecule has 2 aliphatic rings. The summed E-state index contributed by atoms with van der Waals surface area (Å²) in [6.45, 7) is 8.88. The molecule has 2 saturated heterocycles. The highest BCUT2D eigenvalue weighted by Crippen LogP contribution is 2.36. The molecular formula is C25H40O6. The Morgan fingerprint density at radius 2 is 1.39 bits per heavy atom. The van der Waals surface area contributed by atoms with E-state index in [9.17, 15) is 0 Å². The molecule has 2 heterocycles. The largest absolute Gasteiger partial charge is 0.372 e. The minimum Gasteiger partial charge on any atom is -0.372 e. The van der Waals surface area contributed by atoms with E-state index in [1.807, 2.05) is 30.3 Å². The van der Waals surface area contributed by atoms with Crippen molar-refractivity contribution in [2.75, 3.05) is 26.4 Å². The number of benzene rings is 1. The highest BCUT2D eigenvalue weighted by Gasteiger charge is 2.51. The molecule has 3 unspecified atom stereocenters. The van der Waals surface area contributed by atoms with Crippen molar-refractivity contribution in [2.45, 2.75) is 96.3 Å². The lowest BCUT2D eigenvalue weighted by Crippen LogP contribution is -2.63. The van der Waals surface area contributed by atoms with E-state index in [0.717, 1.165) is 44.1 Å². The number of hydrogen-bond donors (Lipinski definition) is 0. The molecular weight excluding hydrogens is 396 g/mol. The van der Waals surface area contributed by atoms with Crippen molar-refractivity contribution in [3.63, 3.8) is 0 Å². The highest BCUT2D eigenvalue weighted by atomic mass is 16.8. The molecule has 0 aliphatic carbocycles. The highest BCUT2D eigenvalue weighted by molar-refractivity contribution is 5.16. The van der Waals surface area contributed by atoms with Crippen LogP contribution in [0.15, 0.2) is 30.3 Å². The Hall–Kier alpha value is -1.02. The normalized spacial score (nSPS) is 30.8. The van der Waals surface area contributed by atoms with Crippen molar-refractivity contribution in [3.05, 3.63) is 35.9 Å². The average molecular weight is 437 g/mol. The molecule has 6 atom stereocenters. The first kappa shape index (κ1) is 24.6. The van der Waals surface area contributed by atoms with E-state index < -0.39 is 12.6 Å². The number of ether oxygens (including phenoxy) is 6. The van der Waals surface area contributed by atoms with Gasteiger partial charge in [0.2, 0.25) is 0 Å². The molecule has 0 saturated carbocycles. The quantitative estimate of drug-likeness (QED) is 0.405. The number of unbranched alkanes of at least 4 members (excludes halogenated alkanes) is 3.